The van der Waals surface area contributed by atoms with Gasteiger partial charge in [-0.2, -0.15) is 5.10 Å². The van der Waals surface area contributed by atoms with Crippen molar-refractivity contribution in [3.8, 4) is 0 Å². The highest BCUT2D eigenvalue weighted by Crippen LogP contribution is 2.28. The van der Waals surface area contributed by atoms with Crippen LogP contribution in [0.3, 0.4) is 0 Å². The third kappa shape index (κ3) is 2.18. The lowest BCUT2D eigenvalue weighted by Gasteiger charge is -2.01. The molecular formula is C9H8N8O2S. The number of aromatic nitrogens is 8. The Labute approximate surface area is 115 Å². The Balaban J connectivity index is 1.97. The highest BCUT2D eigenvalue weighted by Gasteiger charge is 2.15. The summed E-state index contributed by atoms with van der Waals surface area (Å²) in [7, 11) is 1.78. The molecule has 20 heavy (non-hydrogen) atoms. The van der Waals surface area contributed by atoms with Gasteiger partial charge in [-0.25, -0.2) is 14.6 Å². The van der Waals surface area contributed by atoms with Crippen molar-refractivity contribution in [1.82, 2.24) is 40.0 Å². The van der Waals surface area contributed by atoms with Crippen molar-refractivity contribution in [2.45, 2.75) is 16.7 Å². The fourth-order valence-corrected chi connectivity index (χ4v) is 2.42. The van der Waals surface area contributed by atoms with Gasteiger partial charge in [0.1, 0.15) is 17.9 Å². The van der Waals surface area contributed by atoms with Gasteiger partial charge in [-0.3, -0.25) is 9.48 Å². The molecule has 0 aliphatic heterocycles. The van der Waals surface area contributed by atoms with Gasteiger partial charge in [0.05, 0.1) is 11.6 Å². The summed E-state index contributed by atoms with van der Waals surface area (Å²) in [6.07, 6.45) is 3.06. The van der Waals surface area contributed by atoms with Crippen LogP contribution in [-0.4, -0.2) is 51.0 Å². The molecule has 0 amide bonds. The summed E-state index contributed by atoms with van der Waals surface area (Å²) in [6.45, 7) is -0.309. The van der Waals surface area contributed by atoms with Crippen LogP contribution in [0.4, 0.5) is 0 Å². The maximum Gasteiger partial charge on any atom is 0.325 e. The minimum atomic E-state index is -1.02. The first kappa shape index (κ1) is 12.5. The molecule has 3 aromatic heterocycles. The molecule has 0 aliphatic rings. The zero-order valence-corrected chi connectivity index (χ0v) is 11.0. The summed E-state index contributed by atoms with van der Waals surface area (Å²) in [6, 6.07) is 0. The number of carbonyl (C=O) groups is 1. The van der Waals surface area contributed by atoms with Gasteiger partial charge < -0.3 is 5.11 Å². The lowest BCUT2D eigenvalue weighted by molar-refractivity contribution is -0.138. The second-order valence-corrected chi connectivity index (χ2v) is 4.76. The second-order valence-electron chi connectivity index (χ2n) is 3.80. The van der Waals surface area contributed by atoms with Crippen LogP contribution in [0.1, 0.15) is 0 Å². The van der Waals surface area contributed by atoms with E-state index in [9.17, 15) is 4.79 Å². The quantitative estimate of drug-likeness (QED) is 0.638. The Hall–Kier alpha value is -2.56. The molecule has 0 aliphatic carbocycles. The van der Waals surface area contributed by atoms with Gasteiger partial charge in [-0.15, -0.1) is 5.10 Å². The summed E-state index contributed by atoms with van der Waals surface area (Å²) < 4.78 is 2.82. The molecule has 0 saturated carbocycles. The van der Waals surface area contributed by atoms with E-state index in [0.717, 1.165) is 17.1 Å². The van der Waals surface area contributed by atoms with Gasteiger partial charge in [-0.05, 0) is 22.2 Å². The van der Waals surface area contributed by atoms with Crippen molar-refractivity contribution < 1.29 is 9.90 Å². The first-order chi connectivity index (χ1) is 9.65. The SMILES string of the molecule is Cn1ncc2c(Sc3nnnn3CC(=O)O)ncnc21. The predicted molar refractivity (Wildman–Crippen MR) is 65.9 cm³/mol. The Morgan fingerprint density at radius 2 is 2.30 bits per heavy atom. The van der Waals surface area contributed by atoms with E-state index in [1.54, 1.807) is 17.9 Å². The molecule has 3 aromatic rings. The van der Waals surface area contributed by atoms with E-state index in [4.69, 9.17) is 5.11 Å². The van der Waals surface area contributed by atoms with Crippen molar-refractivity contribution in [3.05, 3.63) is 12.5 Å². The number of carboxylic acid groups (broad SMARTS) is 1. The van der Waals surface area contributed by atoms with Crippen molar-refractivity contribution >= 4 is 28.8 Å². The van der Waals surface area contributed by atoms with Crippen LogP contribution >= 0.6 is 11.8 Å². The number of nitrogens with zero attached hydrogens (tertiary/aromatic N) is 8. The minimum absolute atomic E-state index is 0.309. The largest absolute Gasteiger partial charge is 0.480 e. The molecule has 0 unspecified atom stereocenters. The van der Waals surface area contributed by atoms with E-state index in [2.05, 4.69) is 30.6 Å². The topological polar surface area (TPSA) is 125 Å². The summed E-state index contributed by atoms with van der Waals surface area (Å²) in [5, 5.41) is 25.5. The highest BCUT2D eigenvalue weighted by molar-refractivity contribution is 7.99. The van der Waals surface area contributed by atoms with E-state index in [-0.39, 0.29) is 6.54 Å². The van der Waals surface area contributed by atoms with Crippen LogP contribution < -0.4 is 0 Å². The van der Waals surface area contributed by atoms with Crippen LogP contribution in [-0.2, 0) is 18.4 Å². The smallest absolute Gasteiger partial charge is 0.325 e. The lowest BCUT2D eigenvalue weighted by Crippen LogP contribution is -2.11. The molecular weight excluding hydrogens is 284 g/mol. The Morgan fingerprint density at radius 3 is 3.10 bits per heavy atom. The van der Waals surface area contributed by atoms with Gasteiger partial charge >= 0.3 is 5.97 Å². The highest BCUT2D eigenvalue weighted by atomic mass is 32.2. The molecule has 10 nitrogen and oxygen atoms in total. The molecule has 0 radical (unpaired) electrons. The molecule has 0 spiro atoms. The number of carboxylic acids is 1. The molecule has 0 aromatic carbocycles. The van der Waals surface area contributed by atoms with Crippen LogP contribution in [0.2, 0.25) is 0 Å². The monoisotopic (exact) mass is 292 g/mol. The van der Waals surface area contributed by atoms with Crippen LogP contribution in [0, 0.1) is 0 Å². The molecule has 1 N–H and O–H groups in total. The first-order valence-electron chi connectivity index (χ1n) is 5.43. The zero-order valence-electron chi connectivity index (χ0n) is 10.2. The average Bonchev–Trinajstić information content (AvgIpc) is 2.98. The average molecular weight is 292 g/mol. The zero-order chi connectivity index (χ0) is 14.1. The number of hydrogen-bond acceptors (Lipinski definition) is 8. The Morgan fingerprint density at radius 1 is 1.45 bits per heavy atom. The normalized spacial score (nSPS) is 11.1. The van der Waals surface area contributed by atoms with Gasteiger partial charge in [0.15, 0.2) is 5.65 Å². The van der Waals surface area contributed by atoms with Crippen molar-refractivity contribution in [2.75, 3.05) is 0 Å². The second kappa shape index (κ2) is 4.85. The number of tetrazole rings is 1. The van der Waals surface area contributed by atoms with Crippen molar-refractivity contribution in [3.63, 3.8) is 0 Å². The van der Waals surface area contributed by atoms with E-state index >= 15 is 0 Å². The molecule has 3 heterocycles. The summed E-state index contributed by atoms with van der Waals surface area (Å²) in [4.78, 5) is 19.0. The number of rotatable bonds is 4. The fourth-order valence-electron chi connectivity index (χ4n) is 1.61. The Bertz CT molecular complexity index is 781. The van der Waals surface area contributed by atoms with Crippen LogP contribution in [0.15, 0.2) is 22.7 Å². The lowest BCUT2D eigenvalue weighted by atomic mass is 10.4. The number of fused-ring (bicyclic) bond motifs is 1. The van der Waals surface area contributed by atoms with E-state index in [1.807, 2.05) is 0 Å². The maximum absolute atomic E-state index is 10.7. The van der Waals surface area contributed by atoms with E-state index in [1.165, 1.54) is 11.0 Å². The molecule has 0 fully saturated rings. The third-order valence-corrected chi connectivity index (χ3v) is 3.46. The van der Waals surface area contributed by atoms with E-state index in [0.29, 0.717) is 15.8 Å². The third-order valence-electron chi connectivity index (χ3n) is 2.46. The van der Waals surface area contributed by atoms with Crippen LogP contribution in [0.5, 0.6) is 0 Å². The fraction of sp³-hybridized carbons (Fsp3) is 0.222. The van der Waals surface area contributed by atoms with Crippen molar-refractivity contribution in [2.24, 2.45) is 7.05 Å². The molecule has 0 saturated heterocycles. The van der Waals surface area contributed by atoms with Crippen LogP contribution in [0.25, 0.3) is 11.0 Å². The number of hydrogen-bond donors (Lipinski definition) is 1. The first-order valence-corrected chi connectivity index (χ1v) is 6.25. The summed E-state index contributed by atoms with van der Waals surface area (Å²) in [5.41, 5.74) is 0.680. The molecule has 0 bridgehead atoms. The van der Waals surface area contributed by atoms with Gasteiger partial charge in [0, 0.05) is 7.05 Å². The van der Waals surface area contributed by atoms with E-state index < -0.39 is 5.97 Å². The number of aliphatic carboxylic acids is 1. The van der Waals surface area contributed by atoms with Gasteiger partial charge in [0.25, 0.3) is 0 Å². The number of aryl methyl sites for hydroxylation is 1. The van der Waals surface area contributed by atoms with Gasteiger partial charge in [0.2, 0.25) is 5.16 Å². The van der Waals surface area contributed by atoms with Gasteiger partial charge in [-0.1, -0.05) is 0 Å². The predicted octanol–water partition coefficient (Wildman–Crippen LogP) is -0.414. The Kier molecular flexibility index (Phi) is 3.02. The summed E-state index contributed by atoms with van der Waals surface area (Å²) >= 11 is 1.16. The minimum Gasteiger partial charge on any atom is -0.480 e. The molecule has 0 atom stereocenters. The molecule has 11 heteroatoms. The van der Waals surface area contributed by atoms with Crippen molar-refractivity contribution in [1.29, 1.82) is 0 Å². The maximum atomic E-state index is 10.7. The summed E-state index contributed by atoms with van der Waals surface area (Å²) in [5.74, 6) is -1.02. The molecule has 102 valence electrons. The molecule has 3 rings (SSSR count). The standard InChI is InChI=1S/C9H8N8O2S/c1-16-7-5(2-12-16)8(11-4-10-7)20-9-13-14-15-17(9)3-6(18)19/h2,4H,3H2,1H3,(H,18,19).